The lowest BCUT2D eigenvalue weighted by atomic mass is 9.88. The van der Waals surface area contributed by atoms with E-state index in [0.717, 1.165) is 16.0 Å². The molecule has 3 rings (SSSR count). The number of aromatic nitrogens is 1. The highest BCUT2D eigenvalue weighted by atomic mass is 32.1. The molecular formula is C16H16N2O3S. The van der Waals surface area contributed by atoms with Gasteiger partial charge in [-0.15, -0.1) is 0 Å². The third-order valence-corrected chi connectivity index (χ3v) is 4.37. The third-order valence-electron chi connectivity index (χ3n) is 3.68. The van der Waals surface area contributed by atoms with Gasteiger partial charge in [-0.05, 0) is 50.0 Å². The van der Waals surface area contributed by atoms with Gasteiger partial charge in [-0.1, -0.05) is 17.7 Å². The van der Waals surface area contributed by atoms with Gasteiger partial charge in [-0.25, -0.2) is 4.79 Å². The second kappa shape index (κ2) is 5.21. The Morgan fingerprint density at radius 3 is 2.82 bits per heavy atom. The number of carbonyl (C=O) groups is 2. The van der Waals surface area contributed by atoms with Gasteiger partial charge in [0.05, 0.1) is 5.56 Å². The number of nitrogens with zero attached hydrogens (tertiary/aromatic N) is 1. The fraction of sp³-hybridized carbons (Fsp3) is 0.312. The minimum atomic E-state index is -1.23. The van der Waals surface area contributed by atoms with E-state index in [1.54, 1.807) is 19.1 Å². The molecule has 1 aliphatic heterocycles. The molecule has 1 aromatic heterocycles. The summed E-state index contributed by atoms with van der Waals surface area (Å²) in [5.74, 6) is -0.339. The Hall–Kier alpha value is -2.21. The number of rotatable bonds is 2. The molecule has 0 radical (unpaired) electrons. The van der Waals surface area contributed by atoms with Crippen LogP contribution in [0.15, 0.2) is 24.3 Å². The summed E-state index contributed by atoms with van der Waals surface area (Å²) in [4.78, 5) is 25.7. The fourth-order valence-electron chi connectivity index (χ4n) is 2.49. The Morgan fingerprint density at radius 1 is 1.36 bits per heavy atom. The maximum absolute atomic E-state index is 12.5. The number of carbonyl (C=O) groups excluding carboxylic acids is 2. The van der Waals surface area contributed by atoms with Gasteiger partial charge in [0.2, 0.25) is 0 Å². The van der Waals surface area contributed by atoms with Crippen molar-refractivity contribution in [2.24, 2.45) is 0 Å². The Bertz CT molecular complexity index is 769. The van der Waals surface area contributed by atoms with Crippen molar-refractivity contribution in [3.63, 3.8) is 0 Å². The van der Waals surface area contributed by atoms with E-state index in [1.807, 2.05) is 26.0 Å². The first kappa shape index (κ1) is 14.7. The zero-order valence-electron chi connectivity index (χ0n) is 12.6. The number of nitrogens with one attached hydrogen (secondary N) is 1. The molecule has 2 heterocycles. The first-order valence-corrected chi connectivity index (χ1v) is 7.72. The van der Waals surface area contributed by atoms with Crippen molar-refractivity contribution in [1.29, 1.82) is 0 Å². The minimum absolute atomic E-state index is 0.351. The van der Waals surface area contributed by atoms with Crippen LogP contribution in [0.25, 0.3) is 0 Å². The van der Waals surface area contributed by atoms with Gasteiger partial charge >= 0.3 is 5.97 Å². The van der Waals surface area contributed by atoms with Crippen LogP contribution in [-0.2, 0) is 16.0 Å². The van der Waals surface area contributed by atoms with Crippen LogP contribution in [0.5, 0.6) is 0 Å². The quantitative estimate of drug-likeness (QED) is 0.865. The lowest BCUT2D eigenvalue weighted by Crippen LogP contribution is -2.49. The van der Waals surface area contributed by atoms with E-state index >= 15 is 0 Å². The molecule has 0 saturated heterocycles. The van der Waals surface area contributed by atoms with E-state index in [0.29, 0.717) is 17.8 Å². The Morgan fingerprint density at radius 2 is 2.14 bits per heavy atom. The van der Waals surface area contributed by atoms with Crippen LogP contribution >= 0.6 is 11.5 Å². The second-order valence-electron chi connectivity index (χ2n) is 5.73. The zero-order chi connectivity index (χ0) is 15.9. The zero-order valence-corrected chi connectivity index (χ0v) is 13.4. The van der Waals surface area contributed by atoms with Crippen LogP contribution in [0.4, 0.5) is 5.82 Å². The van der Waals surface area contributed by atoms with Crippen molar-refractivity contribution in [1.82, 2.24) is 4.37 Å². The molecule has 1 N–H and O–H groups in total. The number of benzene rings is 1. The molecule has 1 atom stereocenters. The fourth-order valence-corrected chi connectivity index (χ4v) is 3.00. The van der Waals surface area contributed by atoms with Gasteiger partial charge < -0.3 is 10.1 Å². The average molecular weight is 316 g/mol. The number of esters is 1. The number of ether oxygens (including phenoxy) is 1. The molecular weight excluding hydrogens is 300 g/mol. The van der Waals surface area contributed by atoms with E-state index < -0.39 is 11.6 Å². The molecule has 6 heteroatoms. The van der Waals surface area contributed by atoms with Crippen molar-refractivity contribution >= 4 is 29.2 Å². The van der Waals surface area contributed by atoms with Crippen molar-refractivity contribution in [3.05, 3.63) is 45.8 Å². The summed E-state index contributed by atoms with van der Waals surface area (Å²) in [6.45, 7) is 5.45. The highest BCUT2D eigenvalue weighted by Gasteiger charge is 2.42. The summed E-state index contributed by atoms with van der Waals surface area (Å²) in [5, 5.41) is 2.72. The molecule has 0 bridgehead atoms. The van der Waals surface area contributed by atoms with Crippen molar-refractivity contribution in [2.75, 3.05) is 5.32 Å². The molecule has 2 aromatic rings. The molecule has 22 heavy (non-hydrogen) atoms. The Labute approximate surface area is 132 Å². The monoisotopic (exact) mass is 316 g/mol. The first-order chi connectivity index (χ1) is 10.4. The van der Waals surface area contributed by atoms with Crippen molar-refractivity contribution in [3.8, 4) is 0 Å². The number of aryl methyl sites for hydroxylation is 2. The predicted octanol–water partition coefficient (Wildman–Crippen LogP) is 2.87. The molecule has 1 unspecified atom stereocenters. The van der Waals surface area contributed by atoms with Crippen LogP contribution < -0.4 is 5.32 Å². The van der Waals surface area contributed by atoms with Crippen molar-refractivity contribution < 1.29 is 14.3 Å². The van der Waals surface area contributed by atoms with Gasteiger partial charge in [0.1, 0.15) is 5.82 Å². The molecule has 1 amide bonds. The molecule has 0 fully saturated rings. The van der Waals surface area contributed by atoms with Crippen LogP contribution in [0.2, 0.25) is 0 Å². The standard InChI is InChI=1S/C16H16N2O3S/c1-9-4-5-11-8-16(3,21-14(19)12(11)6-9)15(20)17-13-7-10(2)22-18-13/h4-7H,8H2,1-3H3,(H,17,18,20). The summed E-state index contributed by atoms with van der Waals surface area (Å²) in [7, 11) is 0. The molecule has 0 spiro atoms. The smallest absolute Gasteiger partial charge is 0.339 e. The van der Waals surface area contributed by atoms with E-state index in [9.17, 15) is 9.59 Å². The lowest BCUT2D eigenvalue weighted by Gasteiger charge is -2.32. The van der Waals surface area contributed by atoms with Crippen LogP contribution in [0.3, 0.4) is 0 Å². The van der Waals surface area contributed by atoms with Crippen LogP contribution in [0, 0.1) is 13.8 Å². The maximum atomic E-state index is 12.5. The van der Waals surface area contributed by atoms with E-state index in [2.05, 4.69) is 9.69 Å². The average Bonchev–Trinajstić information content (AvgIpc) is 2.85. The molecule has 0 saturated carbocycles. The lowest BCUT2D eigenvalue weighted by molar-refractivity contribution is -0.134. The van der Waals surface area contributed by atoms with Gasteiger partial charge in [-0.2, -0.15) is 4.37 Å². The largest absolute Gasteiger partial charge is 0.445 e. The number of fused-ring (bicyclic) bond motifs is 1. The number of amides is 1. The van der Waals surface area contributed by atoms with E-state index in [4.69, 9.17) is 4.74 Å². The summed E-state index contributed by atoms with van der Waals surface area (Å²) in [6, 6.07) is 7.38. The number of hydrogen-bond donors (Lipinski definition) is 1. The summed E-state index contributed by atoms with van der Waals surface area (Å²) < 4.78 is 9.55. The number of hydrogen-bond acceptors (Lipinski definition) is 5. The minimum Gasteiger partial charge on any atom is -0.445 e. The molecule has 0 aliphatic carbocycles. The third kappa shape index (κ3) is 2.62. The number of anilines is 1. The normalized spacial score (nSPS) is 20.2. The number of cyclic esters (lactones) is 1. The van der Waals surface area contributed by atoms with Gasteiger partial charge in [0.25, 0.3) is 5.91 Å². The topological polar surface area (TPSA) is 68.3 Å². The highest BCUT2D eigenvalue weighted by Crippen LogP contribution is 2.30. The summed E-state index contributed by atoms with van der Waals surface area (Å²) in [6.07, 6.45) is 0.351. The van der Waals surface area contributed by atoms with Crippen molar-refractivity contribution in [2.45, 2.75) is 32.8 Å². The predicted molar refractivity (Wildman–Crippen MR) is 84.2 cm³/mol. The first-order valence-electron chi connectivity index (χ1n) is 6.95. The van der Waals surface area contributed by atoms with E-state index in [1.165, 1.54) is 11.5 Å². The van der Waals surface area contributed by atoms with E-state index in [-0.39, 0.29) is 5.91 Å². The van der Waals surface area contributed by atoms with Gasteiger partial charge in [0, 0.05) is 11.3 Å². The molecule has 1 aliphatic rings. The second-order valence-corrected chi connectivity index (χ2v) is 6.74. The summed E-state index contributed by atoms with van der Waals surface area (Å²) >= 11 is 1.31. The Kier molecular flexibility index (Phi) is 3.48. The Balaban J connectivity index is 1.86. The maximum Gasteiger partial charge on any atom is 0.339 e. The van der Waals surface area contributed by atoms with Gasteiger partial charge in [0.15, 0.2) is 5.60 Å². The highest BCUT2D eigenvalue weighted by molar-refractivity contribution is 7.06. The molecule has 1 aromatic carbocycles. The summed E-state index contributed by atoms with van der Waals surface area (Å²) in [5.41, 5.74) is 1.13. The van der Waals surface area contributed by atoms with Crippen LogP contribution in [0.1, 0.15) is 33.3 Å². The SMILES string of the molecule is Cc1ccc2c(c1)C(=O)OC(C)(C(=O)Nc1cc(C)sn1)C2. The molecule has 5 nitrogen and oxygen atoms in total. The molecule has 114 valence electrons. The van der Waals surface area contributed by atoms with Gasteiger partial charge in [-0.3, -0.25) is 4.79 Å². The van der Waals surface area contributed by atoms with Crippen LogP contribution in [-0.4, -0.2) is 21.9 Å².